The number of hydrogen-bond donors (Lipinski definition) is 0. The van der Waals surface area contributed by atoms with Gasteiger partial charge in [-0.2, -0.15) is 0 Å². The molecule has 0 heterocycles. The van der Waals surface area contributed by atoms with Gasteiger partial charge in [0, 0.05) is 12.5 Å². The van der Waals surface area contributed by atoms with Gasteiger partial charge in [-0.25, -0.2) is 9.29 Å². The van der Waals surface area contributed by atoms with Crippen LogP contribution >= 0.6 is 0 Å². The third kappa shape index (κ3) is 2.81. The SMILES string of the molecule is CC#CN(C(=O)CC)c1ccc(F)cc1. The molecule has 1 amide bonds. The minimum absolute atomic E-state index is 0.101. The molecule has 0 saturated heterocycles. The first-order valence-electron chi connectivity index (χ1n) is 4.70. The van der Waals surface area contributed by atoms with Gasteiger partial charge in [0.25, 0.3) is 0 Å². The van der Waals surface area contributed by atoms with E-state index in [1.54, 1.807) is 13.8 Å². The Balaban J connectivity index is 3.02. The van der Waals surface area contributed by atoms with E-state index in [9.17, 15) is 9.18 Å². The molecule has 0 radical (unpaired) electrons. The van der Waals surface area contributed by atoms with Crippen molar-refractivity contribution < 1.29 is 9.18 Å². The lowest BCUT2D eigenvalue weighted by Gasteiger charge is -2.14. The molecule has 0 saturated carbocycles. The van der Waals surface area contributed by atoms with Crippen molar-refractivity contribution in [2.24, 2.45) is 0 Å². The number of carbonyl (C=O) groups excluding carboxylic acids is 1. The summed E-state index contributed by atoms with van der Waals surface area (Å²) in [6, 6.07) is 8.37. The smallest absolute Gasteiger partial charge is 0.238 e. The van der Waals surface area contributed by atoms with E-state index >= 15 is 0 Å². The van der Waals surface area contributed by atoms with Crippen molar-refractivity contribution in [1.82, 2.24) is 0 Å². The average molecular weight is 205 g/mol. The fourth-order valence-corrected chi connectivity index (χ4v) is 1.13. The molecule has 0 aliphatic carbocycles. The van der Waals surface area contributed by atoms with Gasteiger partial charge in [-0.3, -0.25) is 4.79 Å². The number of nitrogens with zero attached hydrogens (tertiary/aromatic N) is 1. The van der Waals surface area contributed by atoms with Crippen LogP contribution in [0.15, 0.2) is 24.3 Å². The highest BCUT2D eigenvalue weighted by molar-refractivity contribution is 5.96. The van der Waals surface area contributed by atoms with Crippen LogP contribution in [0.4, 0.5) is 10.1 Å². The summed E-state index contributed by atoms with van der Waals surface area (Å²) in [5.74, 6) is 2.23. The molecule has 3 heteroatoms. The van der Waals surface area contributed by atoms with E-state index in [0.717, 1.165) is 0 Å². The lowest BCUT2D eigenvalue weighted by molar-refractivity contribution is -0.117. The van der Waals surface area contributed by atoms with Gasteiger partial charge in [-0.1, -0.05) is 12.8 Å². The van der Waals surface area contributed by atoms with E-state index in [4.69, 9.17) is 0 Å². The Morgan fingerprint density at radius 3 is 2.47 bits per heavy atom. The van der Waals surface area contributed by atoms with Gasteiger partial charge in [0.15, 0.2) is 0 Å². The predicted molar refractivity (Wildman–Crippen MR) is 57.6 cm³/mol. The van der Waals surface area contributed by atoms with Crippen LogP contribution in [-0.4, -0.2) is 5.91 Å². The van der Waals surface area contributed by atoms with E-state index in [2.05, 4.69) is 12.0 Å². The Labute approximate surface area is 88.7 Å². The summed E-state index contributed by atoms with van der Waals surface area (Å²) in [7, 11) is 0. The summed E-state index contributed by atoms with van der Waals surface area (Å²) in [4.78, 5) is 12.8. The highest BCUT2D eigenvalue weighted by atomic mass is 19.1. The molecule has 1 aromatic carbocycles. The number of halogens is 1. The third-order valence-electron chi connectivity index (χ3n) is 1.86. The average Bonchev–Trinajstić information content (AvgIpc) is 2.26. The van der Waals surface area contributed by atoms with Crippen LogP contribution in [0, 0.1) is 17.8 Å². The summed E-state index contributed by atoms with van der Waals surface area (Å²) < 4.78 is 12.7. The first kappa shape index (κ1) is 11.3. The summed E-state index contributed by atoms with van der Waals surface area (Å²) in [6.45, 7) is 3.41. The van der Waals surface area contributed by atoms with Gasteiger partial charge < -0.3 is 0 Å². The number of anilines is 1. The first-order chi connectivity index (χ1) is 7.19. The lowest BCUT2D eigenvalue weighted by Crippen LogP contribution is -2.24. The molecule has 0 aliphatic rings. The number of amides is 1. The number of carbonyl (C=O) groups is 1. The topological polar surface area (TPSA) is 20.3 Å². The molecule has 0 atom stereocenters. The Morgan fingerprint density at radius 2 is 2.00 bits per heavy atom. The van der Waals surface area contributed by atoms with Crippen molar-refractivity contribution in [2.75, 3.05) is 4.90 Å². The van der Waals surface area contributed by atoms with E-state index in [0.29, 0.717) is 12.1 Å². The quantitative estimate of drug-likeness (QED) is 0.536. The minimum Gasteiger partial charge on any atom is -0.273 e. The molecule has 1 rings (SSSR count). The van der Waals surface area contributed by atoms with Gasteiger partial charge >= 0.3 is 0 Å². The Hall–Kier alpha value is -1.82. The van der Waals surface area contributed by atoms with Crippen LogP contribution < -0.4 is 4.90 Å². The molecular formula is C12H12FNO. The fraction of sp³-hybridized carbons (Fsp3) is 0.250. The summed E-state index contributed by atoms with van der Waals surface area (Å²) in [6.07, 6.45) is 0.367. The highest BCUT2D eigenvalue weighted by Crippen LogP contribution is 2.14. The number of benzene rings is 1. The first-order valence-corrected chi connectivity index (χ1v) is 4.70. The maximum atomic E-state index is 12.7. The van der Waals surface area contributed by atoms with Crippen molar-refractivity contribution in [3.05, 3.63) is 30.1 Å². The summed E-state index contributed by atoms with van der Waals surface area (Å²) >= 11 is 0. The van der Waals surface area contributed by atoms with Crippen LogP contribution in [-0.2, 0) is 4.79 Å². The van der Waals surface area contributed by atoms with Crippen LogP contribution in [0.5, 0.6) is 0 Å². The van der Waals surface area contributed by atoms with Gasteiger partial charge in [0.2, 0.25) is 5.91 Å². The van der Waals surface area contributed by atoms with Crippen LogP contribution in [0.1, 0.15) is 20.3 Å². The Bertz CT molecular complexity index is 400. The van der Waals surface area contributed by atoms with Crippen LogP contribution in [0.25, 0.3) is 0 Å². The van der Waals surface area contributed by atoms with Gasteiger partial charge in [0.1, 0.15) is 5.82 Å². The van der Waals surface area contributed by atoms with Crippen molar-refractivity contribution in [1.29, 1.82) is 0 Å². The highest BCUT2D eigenvalue weighted by Gasteiger charge is 2.10. The third-order valence-corrected chi connectivity index (χ3v) is 1.86. The van der Waals surface area contributed by atoms with Gasteiger partial charge in [0.05, 0.1) is 5.69 Å². The molecular weight excluding hydrogens is 193 g/mol. The zero-order chi connectivity index (χ0) is 11.3. The Kier molecular flexibility index (Phi) is 3.87. The molecule has 0 spiro atoms. The minimum atomic E-state index is -0.327. The van der Waals surface area contributed by atoms with Gasteiger partial charge in [-0.15, -0.1) is 0 Å². The monoisotopic (exact) mass is 205 g/mol. The normalized spacial score (nSPS) is 9.00. The molecule has 0 unspecified atom stereocenters. The van der Waals surface area contributed by atoms with Gasteiger partial charge in [-0.05, 0) is 31.2 Å². The molecule has 1 aromatic rings. The lowest BCUT2D eigenvalue weighted by atomic mass is 10.2. The molecule has 0 aromatic heterocycles. The predicted octanol–water partition coefficient (Wildman–Crippen LogP) is 2.55. The second-order valence-corrected chi connectivity index (χ2v) is 2.92. The molecule has 0 fully saturated rings. The van der Waals surface area contributed by atoms with E-state index < -0.39 is 0 Å². The molecule has 0 aliphatic heterocycles. The standard InChI is InChI=1S/C12H12FNO/c1-3-9-14(12(15)4-2)11-7-5-10(13)6-8-11/h5-8H,4H2,1-2H3. The van der Waals surface area contributed by atoms with E-state index in [1.165, 1.54) is 29.2 Å². The van der Waals surface area contributed by atoms with E-state index in [-0.39, 0.29) is 11.7 Å². The summed E-state index contributed by atoms with van der Waals surface area (Å²) in [5, 5.41) is 0. The number of rotatable bonds is 2. The fourth-order valence-electron chi connectivity index (χ4n) is 1.13. The maximum Gasteiger partial charge on any atom is 0.238 e. The number of hydrogen-bond acceptors (Lipinski definition) is 1. The van der Waals surface area contributed by atoms with Crippen LogP contribution in [0.2, 0.25) is 0 Å². The van der Waals surface area contributed by atoms with Crippen molar-refractivity contribution >= 4 is 11.6 Å². The molecule has 0 bridgehead atoms. The second kappa shape index (κ2) is 5.16. The van der Waals surface area contributed by atoms with Crippen LogP contribution in [0.3, 0.4) is 0 Å². The molecule has 0 N–H and O–H groups in total. The molecule has 2 nitrogen and oxygen atoms in total. The van der Waals surface area contributed by atoms with E-state index in [1.807, 2.05) is 0 Å². The van der Waals surface area contributed by atoms with Crippen molar-refractivity contribution in [3.8, 4) is 12.0 Å². The maximum absolute atomic E-state index is 12.7. The second-order valence-electron chi connectivity index (χ2n) is 2.92. The zero-order valence-corrected chi connectivity index (χ0v) is 8.75. The summed E-state index contributed by atoms with van der Waals surface area (Å²) in [5.41, 5.74) is 0.595. The van der Waals surface area contributed by atoms with Crippen molar-refractivity contribution in [3.63, 3.8) is 0 Å². The molecule has 78 valence electrons. The zero-order valence-electron chi connectivity index (χ0n) is 8.75. The Morgan fingerprint density at radius 1 is 1.40 bits per heavy atom. The molecule has 15 heavy (non-hydrogen) atoms. The van der Waals surface area contributed by atoms with Crippen molar-refractivity contribution in [2.45, 2.75) is 20.3 Å². The largest absolute Gasteiger partial charge is 0.273 e.